The van der Waals surface area contributed by atoms with Gasteiger partial charge in [0.1, 0.15) is 0 Å². The van der Waals surface area contributed by atoms with E-state index in [4.69, 9.17) is 5.73 Å². The van der Waals surface area contributed by atoms with E-state index in [2.05, 4.69) is 0 Å². The van der Waals surface area contributed by atoms with Crippen molar-refractivity contribution < 1.29 is 18.0 Å². The molecule has 0 amide bonds. The molecule has 5 heteroatoms. The van der Waals surface area contributed by atoms with E-state index in [1.165, 1.54) is 6.08 Å². The lowest BCUT2D eigenvalue weighted by molar-refractivity contribution is -0.137. The maximum atomic E-state index is 12.5. The average molecular weight is 243 g/mol. The smallest absolute Gasteiger partial charge is 0.330 e. The van der Waals surface area contributed by atoms with E-state index in [9.17, 15) is 18.0 Å². The van der Waals surface area contributed by atoms with Gasteiger partial charge < -0.3 is 5.73 Å². The van der Waals surface area contributed by atoms with Gasteiger partial charge in [-0.2, -0.15) is 13.2 Å². The molecule has 0 atom stereocenters. The van der Waals surface area contributed by atoms with Gasteiger partial charge in [-0.15, -0.1) is 0 Å². The van der Waals surface area contributed by atoms with E-state index in [0.717, 1.165) is 18.2 Å². The molecule has 17 heavy (non-hydrogen) atoms. The average Bonchev–Trinajstić information content (AvgIpc) is 2.28. The minimum atomic E-state index is -4.40. The van der Waals surface area contributed by atoms with E-state index >= 15 is 0 Å². The van der Waals surface area contributed by atoms with Crippen LogP contribution in [0.2, 0.25) is 0 Å². The summed E-state index contributed by atoms with van der Waals surface area (Å²) in [5.41, 5.74) is 4.97. The van der Waals surface area contributed by atoms with Gasteiger partial charge in [-0.1, -0.05) is 18.2 Å². The summed E-state index contributed by atoms with van der Waals surface area (Å²) in [6.45, 7) is 0.409. The maximum absolute atomic E-state index is 12.5. The van der Waals surface area contributed by atoms with Crippen LogP contribution in [0.15, 0.2) is 24.3 Å². The van der Waals surface area contributed by atoms with Crippen LogP contribution in [0, 0.1) is 0 Å². The Labute approximate surface area is 96.9 Å². The highest BCUT2D eigenvalue weighted by Gasteiger charge is 2.30. The molecular formula is C12H12F3NO. The summed E-state index contributed by atoms with van der Waals surface area (Å²) in [4.78, 5) is 10.7. The second kappa shape index (κ2) is 5.63. The lowest BCUT2D eigenvalue weighted by atomic mass is 10.0. The molecule has 0 aliphatic carbocycles. The number of hydrogen-bond acceptors (Lipinski definition) is 2. The summed E-state index contributed by atoms with van der Waals surface area (Å²) in [5, 5.41) is 0. The highest BCUT2D eigenvalue weighted by atomic mass is 19.4. The van der Waals surface area contributed by atoms with Crippen LogP contribution in [0.5, 0.6) is 0 Å². The Morgan fingerprint density at radius 3 is 2.47 bits per heavy atom. The molecule has 0 saturated carbocycles. The molecule has 1 aromatic rings. The summed E-state index contributed by atoms with van der Waals surface area (Å²) in [6.07, 6.45) is -0.205. The molecule has 0 heterocycles. The molecule has 0 saturated heterocycles. The number of carbonyl (C=O) groups is 1. The number of aldehydes is 1. The Hall–Kier alpha value is -1.62. The van der Waals surface area contributed by atoms with Crippen LogP contribution < -0.4 is 5.73 Å². The van der Waals surface area contributed by atoms with Crippen molar-refractivity contribution in [2.24, 2.45) is 5.73 Å². The van der Waals surface area contributed by atoms with Gasteiger partial charge in [0, 0.05) is 5.56 Å². The molecule has 0 unspecified atom stereocenters. The molecule has 0 radical (unpaired) electrons. The topological polar surface area (TPSA) is 43.1 Å². The Morgan fingerprint density at radius 2 is 1.94 bits per heavy atom. The molecule has 0 aromatic heterocycles. The molecular weight excluding hydrogens is 231 g/mol. The van der Waals surface area contributed by atoms with E-state index in [-0.39, 0.29) is 11.1 Å². The van der Waals surface area contributed by atoms with Gasteiger partial charge in [-0.3, -0.25) is 4.79 Å². The van der Waals surface area contributed by atoms with Crippen LogP contribution in [0.25, 0.3) is 6.08 Å². The molecule has 0 fully saturated rings. The van der Waals surface area contributed by atoms with Crippen molar-refractivity contribution in [2.75, 3.05) is 6.54 Å². The van der Waals surface area contributed by atoms with Crippen LogP contribution in [-0.4, -0.2) is 12.8 Å². The number of carbonyl (C=O) groups excluding carboxylic acids is 1. The fraction of sp³-hybridized carbons (Fsp3) is 0.250. The van der Waals surface area contributed by atoms with Crippen LogP contribution in [0.1, 0.15) is 27.9 Å². The number of benzene rings is 1. The second-order valence-corrected chi connectivity index (χ2v) is 3.44. The lowest BCUT2D eigenvalue weighted by Gasteiger charge is -2.08. The Kier molecular flexibility index (Phi) is 4.45. The minimum absolute atomic E-state index is 0.228. The van der Waals surface area contributed by atoms with Crippen molar-refractivity contribution in [3.05, 3.63) is 41.0 Å². The first kappa shape index (κ1) is 13.4. The van der Waals surface area contributed by atoms with Gasteiger partial charge in [0.05, 0.1) is 5.56 Å². The Bertz CT molecular complexity index is 424. The van der Waals surface area contributed by atoms with Crippen molar-refractivity contribution in [3.8, 4) is 0 Å². The van der Waals surface area contributed by atoms with Crippen molar-refractivity contribution in [3.63, 3.8) is 0 Å². The quantitative estimate of drug-likeness (QED) is 0.826. The number of alkyl halides is 3. The summed E-state index contributed by atoms with van der Waals surface area (Å²) >= 11 is 0. The van der Waals surface area contributed by atoms with Gasteiger partial charge in [0.15, 0.2) is 6.29 Å². The molecule has 2 N–H and O–H groups in total. The summed E-state index contributed by atoms with van der Waals surface area (Å²) in [7, 11) is 0. The van der Waals surface area contributed by atoms with Crippen LogP contribution in [0.3, 0.4) is 0 Å². The molecule has 0 aliphatic rings. The number of halogens is 3. The fourth-order valence-corrected chi connectivity index (χ4v) is 1.31. The molecule has 92 valence electrons. The Morgan fingerprint density at radius 1 is 1.24 bits per heavy atom. The van der Waals surface area contributed by atoms with Crippen molar-refractivity contribution in [1.29, 1.82) is 0 Å². The summed E-state index contributed by atoms with van der Waals surface area (Å²) < 4.78 is 37.4. The zero-order valence-corrected chi connectivity index (χ0v) is 9.00. The normalized spacial score (nSPS) is 12.0. The van der Waals surface area contributed by atoms with E-state index < -0.39 is 11.7 Å². The van der Waals surface area contributed by atoms with Crippen molar-refractivity contribution in [2.45, 2.75) is 12.6 Å². The van der Waals surface area contributed by atoms with Gasteiger partial charge >= 0.3 is 6.18 Å². The second-order valence-electron chi connectivity index (χ2n) is 3.44. The minimum Gasteiger partial charge on any atom is -0.330 e. The van der Waals surface area contributed by atoms with Crippen LogP contribution in [0.4, 0.5) is 13.2 Å². The Balaban J connectivity index is 3.11. The standard InChI is InChI=1S/C12H12F3NO/c13-12(14,15)11-5-4-10(8-17)9(7-11)3-1-2-6-16/h1,3-5,7-8H,2,6,16H2. The predicted octanol–water partition coefficient (Wildman–Crippen LogP) is 2.88. The van der Waals surface area contributed by atoms with Crippen molar-refractivity contribution in [1.82, 2.24) is 0 Å². The third-order valence-electron chi connectivity index (χ3n) is 2.17. The first-order valence-electron chi connectivity index (χ1n) is 5.02. The van der Waals surface area contributed by atoms with E-state index in [1.54, 1.807) is 6.08 Å². The van der Waals surface area contributed by atoms with E-state index in [1.807, 2.05) is 0 Å². The van der Waals surface area contributed by atoms with Gasteiger partial charge in [-0.05, 0) is 30.7 Å². The molecule has 2 nitrogen and oxygen atoms in total. The highest BCUT2D eigenvalue weighted by molar-refractivity contribution is 5.82. The first-order chi connectivity index (χ1) is 7.99. The predicted molar refractivity (Wildman–Crippen MR) is 59.5 cm³/mol. The third-order valence-corrected chi connectivity index (χ3v) is 2.17. The molecule has 1 rings (SSSR count). The van der Waals surface area contributed by atoms with Gasteiger partial charge in [-0.25, -0.2) is 0 Å². The molecule has 0 bridgehead atoms. The van der Waals surface area contributed by atoms with E-state index in [0.29, 0.717) is 19.3 Å². The monoisotopic (exact) mass is 243 g/mol. The first-order valence-corrected chi connectivity index (χ1v) is 5.02. The van der Waals surface area contributed by atoms with Crippen LogP contribution >= 0.6 is 0 Å². The van der Waals surface area contributed by atoms with Gasteiger partial charge in [0.2, 0.25) is 0 Å². The maximum Gasteiger partial charge on any atom is 0.416 e. The highest BCUT2D eigenvalue weighted by Crippen LogP contribution is 2.30. The van der Waals surface area contributed by atoms with Crippen molar-refractivity contribution >= 4 is 12.4 Å². The lowest BCUT2D eigenvalue weighted by Crippen LogP contribution is -2.05. The zero-order valence-electron chi connectivity index (χ0n) is 9.00. The SMILES string of the molecule is NCCC=Cc1cc(C(F)(F)F)ccc1C=O. The number of hydrogen-bond donors (Lipinski definition) is 1. The zero-order chi connectivity index (χ0) is 12.9. The van der Waals surface area contributed by atoms with Gasteiger partial charge in [0.25, 0.3) is 0 Å². The molecule has 1 aromatic carbocycles. The summed E-state index contributed by atoms with van der Waals surface area (Å²) in [5.74, 6) is 0. The fourth-order valence-electron chi connectivity index (χ4n) is 1.31. The van der Waals surface area contributed by atoms with Crippen LogP contribution in [-0.2, 0) is 6.18 Å². The summed E-state index contributed by atoms with van der Waals surface area (Å²) in [6, 6.07) is 3.01. The number of nitrogens with two attached hydrogens (primary N) is 1. The molecule has 0 spiro atoms. The number of rotatable bonds is 4. The largest absolute Gasteiger partial charge is 0.416 e. The molecule has 0 aliphatic heterocycles. The third kappa shape index (κ3) is 3.71.